The van der Waals surface area contributed by atoms with Crippen LogP contribution >= 0.6 is 58.3 Å². The number of carbonyl (C=O) groups excluding carboxylic acids is 1. The fraction of sp³-hybridized carbons (Fsp3) is 0.227. The van der Waals surface area contributed by atoms with Crippen molar-refractivity contribution < 1.29 is 4.79 Å². The van der Waals surface area contributed by atoms with E-state index in [2.05, 4.69) is 22.1 Å². The van der Waals surface area contributed by atoms with Crippen molar-refractivity contribution in [2.75, 3.05) is 11.1 Å². The molecular weight excluding hydrogens is 507 g/mol. The van der Waals surface area contributed by atoms with Crippen LogP contribution in [-0.4, -0.2) is 26.4 Å². The molecule has 0 spiro atoms. The predicted molar refractivity (Wildman–Crippen MR) is 137 cm³/mol. The topological polar surface area (TPSA) is 59.8 Å². The standard InChI is InChI=1S/C22H21Cl3N4OS2/c1-3-8-29-20(12-31-11-15-5-6-16(23)9-19(15)25)27-28-22(29)32-13-21(30)26-17-7-4-14(2)18(24)10-17/h3-7,9-10H,1,8,11-13H2,2H3,(H,26,30). The first-order valence-electron chi connectivity index (χ1n) is 9.61. The molecule has 0 aliphatic carbocycles. The van der Waals surface area contributed by atoms with Gasteiger partial charge in [-0.1, -0.05) is 64.8 Å². The number of carbonyl (C=O) groups is 1. The number of rotatable bonds is 10. The third-order valence-electron chi connectivity index (χ3n) is 4.40. The summed E-state index contributed by atoms with van der Waals surface area (Å²) in [6.45, 7) is 6.29. The summed E-state index contributed by atoms with van der Waals surface area (Å²) in [5, 5.41) is 14.0. The fourth-order valence-electron chi connectivity index (χ4n) is 2.73. The highest BCUT2D eigenvalue weighted by atomic mass is 35.5. The molecule has 0 bridgehead atoms. The van der Waals surface area contributed by atoms with Crippen molar-refractivity contribution in [3.05, 3.63) is 81.1 Å². The summed E-state index contributed by atoms with van der Waals surface area (Å²) in [5.41, 5.74) is 2.63. The summed E-state index contributed by atoms with van der Waals surface area (Å²) in [5.74, 6) is 2.24. The minimum absolute atomic E-state index is 0.142. The van der Waals surface area contributed by atoms with Crippen LogP contribution in [0.25, 0.3) is 0 Å². The zero-order chi connectivity index (χ0) is 23.1. The molecule has 0 fully saturated rings. The van der Waals surface area contributed by atoms with Gasteiger partial charge < -0.3 is 9.88 Å². The summed E-state index contributed by atoms with van der Waals surface area (Å²) in [6.07, 6.45) is 1.78. The third-order valence-corrected chi connectivity index (χ3v) is 7.34. The Morgan fingerprint density at radius 1 is 1.12 bits per heavy atom. The summed E-state index contributed by atoms with van der Waals surface area (Å²) in [6, 6.07) is 10.9. The molecule has 0 aliphatic heterocycles. The summed E-state index contributed by atoms with van der Waals surface area (Å²) >= 11 is 21.3. The van der Waals surface area contributed by atoms with Gasteiger partial charge >= 0.3 is 0 Å². The number of nitrogens with one attached hydrogen (secondary N) is 1. The largest absolute Gasteiger partial charge is 0.325 e. The fourth-order valence-corrected chi connectivity index (χ4v) is 5.21. The number of hydrogen-bond donors (Lipinski definition) is 1. The van der Waals surface area contributed by atoms with Gasteiger partial charge in [0.15, 0.2) is 5.16 Å². The van der Waals surface area contributed by atoms with E-state index < -0.39 is 0 Å². The molecule has 1 amide bonds. The molecule has 0 saturated heterocycles. The molecule has 0 radical (unpaired) electrons. The van der Waals surface area contributed by atoms with Gasteiger partial charge in [0.25, 0.3) is 0 Å². The number of allylic oxidation sites excluding steroid dienone is 1. The number of benzene rings is 2. The SMILES string of the molecule is C=CCn1c(CSCc2ccc(Cl)cc2Cl)nnc1SCC(=O)Nc1ccc(C)c(Cl)c1. The first-order chi connectivity index (χ1) is 15.4. The van der Waals surface area contributed by atoms with Crippen LogP contribution in [0.4, 0.5) is 5.69 Å². The van der Waals surface area contributed by atoms with Gasteiger partial charge in [-0.25, -0.2) is 0 Å². The number of hydrogen-bond acceptors (Lipinski definition) is 5. The van der Waals surface area contributed by atoms with Gasteiger partial charge in [-0.05, 0) is 42.3 Å². The van der Waals surface area contributed by atoms with E-state index in [1.54, 1.807) is 30.0 Å². The van der Waals surface area contributed by atoms with E-state index in [1.807, 2.05) is 35.8 Å². The van der Waals surface area contributed by atoms with Gasteiger partial charge in [0, 0.05) is 33.1 Å². The molecule has 0 saturated carbocycles. The minimum atomic E-state index is -0.142. The Bertz CT molecular complexity index is 1120. The van der Waals surface area contributed by atoms with E-state index >= 15 is 0 Å². The third kappa shape index (κ3) is 6.93. The Labute approximate surface area is 210 Å². The zero-order valence-electron chi connectivity index (χ0n) is 17.3. The number of aryl methyl sites for hydroxylation is 1. The van der Waals surface area contributed by atoms with Gasteiger partial charge in [0.05, 0.1) is 11.5 Å². The molecule has 2 aromatic carbocycles. The molecule has 10 heteroatoms. The summed E-state index contributed by atoms with van der Waals surface area (Å²) in [7, 11) is 0. The van der Waals surface area contributed by atoms with Crippen molar-refractivity contribution in [3.8, 4) is 0 Å². The Morgan fingerprint density at radius 3 is 2.66 bits per heavy atom. The van der Waals surface area contributed by atoms with Crippen LogP contribution in [0.1, 0.15) is 17.0 Å². The zero-order valence-corrected chi connectivity index (χ0v) is 21.2. The molecule has 1 heterocycles. The monoisotopic (exact) mass is 526 g/mol. The van der Waals surface area contributed by atoms with E-state index in [-0.39, 0.29) is 11.7 Å². The van der Waals surface area contributed by atoms with Crippen molar-refractivity contribution in [1.29, 1.82) is 0 Å². The number of nitrogens with zero attached hydrogens (tertiary/aromatic N) is 3. The first kappa shape index (κ1) is 25.0. The van der Waals surface area contributed by atoms with E-state index in [0.717, 1.165) is 22.7 Å². The molecule has 0 aliphatic rings. The molecule has 3 aromatic rings. The number of anilines is 1. The summed E-state index contributed by atoms with van der Waals surface area (Å²) < 4.78 is 1.96. The minimum Gasteiger partial charge on any atom is -0.325 e. The van der Waals surface area contributed by atoms with Crippen LogP contribution in [-0.2, 0) is 22.8 Å². The van der Waals surface area contributed by atoms with E-state index in [0.29, 0.717) is 38.2 Å². The second-order valence-corrected chi connectivity index (χ2v) is 10.0. The van der Waals surface area contributed by atoms with Crippen LogP contribution in [0, 0.1) is 6.92 Å². The van der Waals surface area contributed by atoms with Crippen LogP contribution in [0.15, 0.2) is 54.2 Å². The molecule has 1 N–H and O–H groups in total. The van der Waals surface area contributed by atoms with Crippen LogP contribution in [0.5, 0.6) is 0 Å². The van der Waals surface area contributed by atoms with Crippen molar-refractivity contribution in [3.63, 3.8) is 0 Å². The molecular formula is C22H21Cl3N4OS2. The molecule has 5 nitrogen and oxygen atoms in total. The van der Waals surface area contributed by atoms with Crippen LogP contribution in [0.2, 0.25) is 15.1 Å². The normalized spacial score (nSPS) is 10.9. The molecule has 0 atom stereocenters. The van der Waals surface area contributed by atoms with Crippen LogP contribution in [0.3, 0.4) is 0 Å². The second kappa shape index (κ2) is 12.0. The highest BCUT2D eigenvalue weighted by Gasteiger charge is 2.14. The van der Waals surface area contributed by atoms with Gasteiger partial charge in [-0.3, -0.25) is 4.79 Å². The van der Waals surface area contributed by atoms with Crippen molar-refractivity contribution in [1.82, 2.24) is 14.8 Å². The lowest BCUT2D eigenvalue weighted by atomic mass is 10.2. The maximum atomic E-state index is 12.4. The smallest absolute Gasteiger partial charge is 0.234 e. The lowest BCUT2D eigenvalue weighted by Crippen LogP contribution is -2.14. The first-order valence-corrected chi connectivity index (χ1v) is 12.9. The Morgan fingerprint density at radius 2 is 1.94 bits per heavy atom. The van der Waals surface area contributed by atoms with E-state index in [4.69, 9.17) is 34.8 Å². The Kier molecular flexibility index (Phi) is 9.37. The number of thioether (sulfide) groups is 2. The van der Waals surface area contributed by atoms with Gasteiger partial charge in [-0.2, -0.15) is 0 Å². The van der Waals surface area contributed by atoms with E-state index in [1.165, 1.54) is 11.8 Å². The van der Waals surface area contributed by atoms with Gasteiger partial charge in [-0.15, -0.1) is 28.5 Å². The lowest BCUT2D eigenvalue weighted by Gasteiger charge is -2.09. The summed E-state index contributed by atoms with van der Waals surface area (Å²) in [4.78, 5) is 12.4. The Balaban J connectivity index is 1.58. The highest BCUT2D eigenvalue weighted by molar-refractivity contribution is 7.99. The van der Waals surface area contributed by atoms with Crippen LogP contribution < -0.4 is 5.32 Å². The van der Waals surface area contributed by atoms with Crippen molar-refractivity contribution in [2.24, 2.45) is 0 Å². The quantitative estimate of drug-likeness (QED) is 0.230. The predicted octanol–water partition coefficient (Wildman–Crippen LogP) is 6.90. The number of halogens is 3. The lowest BCUT2D eigenvalue weighted by molar-refractivity contribution is -0.113. The average molecular weight is 528 g/mol. The molecule has 168 valence electrons. The van der Waals surface area contributed by atoms with Crippen molar-refractivity contribution in [2.45, 2.75) is 30.1 Å². The second-order valence-electron chi connectivity index (χ2n) is 6.83. The maximum Gasteiger partial charge on any atom is 0.234 e. The molecule has 1 aromatic heterocycles. The maximum absolute atomic E-state index is 12.4. The Hall–Kier alpha value is -1.64. The molecule has 32 heavy (non-hydrogen) atoms. The van der Waals surface area contributed by atoms with E-state index in [9.17, 15) is 4.79 Å². The molecule has 0 unspecified atom stereocenters. The highest BCUT2D eigenvalue weighted by Crippen LogP contribution is 2.27. The average Bonchev–Trinajstić information content (AvgIpc) is 3.13. The molecule has 3 rings (SSSR count). The van der Waals surface area contributed by atoms with Gasteiger partial charge in [0.2, 0.25) is 5.91 Å². The number of aromatic nitrogens is 3. The van der Waals surface area contributed by atoms with Gasteiger partial charge in [0.1, 0.15) is 5.82 Å². The number of amides is 1. The van der Waals surface area contributed by atoms with Crippen molar-refractivity contribution >= 4 is 69.9 Å².